The number of nitriles is 1. The maximum absolute atomic E-state index is 13.3. The second-order valence-electron chi connectivity index (χ2n) is 6.12. The Morgan fingerprint density at radius 1 is 0.926 bits per heavy atom. The normalized spacial score (nSPS) is 12.4. The van der Waals surface area contributed by atoms with Gasteiger partial charge < -0.3 is 10.1 Å². The standard InChI is InChI=1S/C23H20N2O2/c1-27-21-14-12-20(13-15-21)23(17-24,19-10-6-3-7-11-19)22(26)25-16-18-8-4-2-5-9-18/h2-15H,16H2,1H3,(H,25,26). The van der Waals surface area contributed by atoms with Crippen LogP contribution in [0.3, 0.4) is 0 Å². The Hall–Kier alpha value is -3.58. The van der Waals surface area contributed by atoms with E-state index in [1.165, 1.54) is 0 Å². The molecular formula is C23H20N2O2. The molecule has 0 saturated carbocycles. The number of carbonyl (C=O) groups is 1. The average molecular weight is 356 g/mol. The van der Waals surface area contributed by atoms with Crippen LogP contribution in [0.25, 0.3) is 0 Å². The predicted molar refractivity (Wildman–Crippen MR) is 104 cm³/mol. The molecule has 0 bridgehead atoms. The third-order valence-electron chi connectivity index (χ3n) is 4.53. The van der Waals surface area contributed by atoms with E-state index in [0.29, 0.717) is 23.4 Å². The number of hydrogen-bond donors (Lipinski definition) is 1. The van der Waals surface area contributed by atoms with Crippen LogP contribution in [0.15, 0.2) is 84.9 Å². The number of nitrogens with zero attached hydrogens (tertiary/aromatic N) is 1. The van der Waals surface area contributed by atoms with Crippen LogP contribution in [0.5, 0.6) is 5.75 Å². The van der Waals surface area contributed by atoms with E-state index in [1.807, 2.05) is 48.5 Å². The molecule has 0 aliphatic rings. The summed E-state index contributed by atoms with van der Waals surface area (Å²) in [6.45, 7) is 0.353. The second kappa shape index (κ2) is 8.20. The zero-order valence-electron chi connectivity index (χ0n) is 15.1. The summed E-state index contributed by atoms with van der Waals surface area (Å²) in [5.41, 5.74) is 0.758. The largest absolute Gasteiger partial charge is 0.497 e. The van der Waals surface area contributed by atoms with E-state index < -0.39 is 5.41 Å². The summed E-state index contributed by atoms with van der Waals surface area (Å²) in [5, 5.41) is 13.1. The number of hydrogen-bond acceptors (Lipinski definition) is 3. The smallest absolute Gasteiger partial charge is 0.249 e. The van der Waals surface area contributed by atoms with Gasteiger partial charge in [0, 0.05) is 6.54 Å². The van der Waals surface area contributed by atoms with Crippen LogP contribution < -0.4 is 10.1 Å². The van der Waals surface area contributed by atoms with E-state index in [2.05, 4.69) is 11.4 Å². The summed E-state index contributed by atoms with van der Waals surface area (Å²) in [4.78, 5) is 13.3. The summed E-state index contributed by atoms with van der Waals surface area (Å²) in [7, 11) is 1.58. The lowest BCUT2D eigenvalue weighted by atomic mass is 9.74. The summed E-state index contributed by atoms with van der Waals surface area (Å²) in [5.74, 6) is 0.313. The molecule has 1 atom stereocenters. The van der Waals surface area contributed by atoms with Gasteiger partial charge in [-0.05, 0) is 28.8 Å². The second-order valence-corrected chi connectivity index (χ2v) is 6.12. The fraction of sp³-hybridized carbons (Fsp3) is 0.130. The van der Waals surface area contributed by atoms with Crippen molar-refractivity contribution in [2.75, 3.05) is 7.11 Å². The molecule has 1 amide bonds. The minimum atomic E-state index is -1.44. The van der Waals surface area contributed by atoms with Crippen molar-refractivity contribution >= 4 is 5.91 Å². The maximum Gasteiger partial charge on any atom is 0.249 e. The van der Waals surface area contributed by atoms with Gasteiger partial charge in [-0.2, -0.15) is 5.26 Å². The zero-order chi connectivity index (χ0) is 19.1. The molecule has 3 aromatic rings. The van der Waals surface area contributed by atoms with Gasteiger partial charge in [-0.25, -0.2) is 0 Å². The first-order chi connectivity index (χ1) is 13.2. The average Bonchev–Trinajstić information content (AvgIpc) is 2.75. The van der Waals surface area contributed by atoms with Crippen LogP contribution in [0.1, 0.15) is 16.7 Å². The Morgan fingerprint density at radius 3 is 2.04 bits per heavy atom. The van der Waals surface area contributed by atoms with Crippen LogP contribution in [0.2, 0.25) is 0 Å². The van der Waals surface area contributed by atoms with Crippen molar-refractivity contribution in [3.63, 3.8) is 0 Å². The minimum absolute atomic E-state index is 0.353. The highest BCUT2D eigenvalue weighted by atomic mass is 16.5. The predicted octanol–water partition coefficient (Wildman–Crippen LogP) is 3.82. The molecule has 1 unspecified atom stereocenters. The molecule has 0 radical (unpaired) electrons. The molecule has 0 saturated heterocycles. The zero-order valence-corrected chi connectivity index (χ0v) is 15.1. The van der Waals surface area contributed by atoms with E-state index in [9.17, 15) is 10.1 Å². The molecule has 4 nitrogen and oxygen atoms in total. The van der Waals surface area contributed by atoms with Crippen molar-refractivity contribution in [3.05, 3.63) is 102 Å². The van der Waals surface area contributed by atoms with Gasteiger partial charge in [0.15, 0.2) is 5.41 Å². The number of carbonyl (C=O) groups excluding carboxylic acids is 1. The first kappa shape index (κ1) is 18.2. The third-order valence-corrected chi connectivity index (χ3v) is 4.53. The van der Waals surface area contributed by atoms with E-state index in [0.717, 1.165) is 5.56 Å². The number of methoxy groups -OCH3 is 1. The molecule has 3 aromatic carbocycles. The van der Waals surface area contributed by atoms with Crippen molar-refractivity contribution < 1.29 is 9.53 Å². The number of nitrogens with one attached hydrogen (secondary N) is 1. The molecule has 0 aliphatic carbocycles. The molecule has 0 fully saturated rings. The van der Waals surface area contributed by atoms with Crippen molar-refractivity contribution in [2.45, 2.75) is 12.0 Å². The van der Waals surface area contributed by atoms with Gasteiger partial charge in [-0.1, -0.05) is 72.8 Å². The number of ether oxygens (including phenoxy) is 1. The minimum Gasteiger partial charge on any atom is -0.497 e. The Kier molecular flexibility index (Phi) is 5.53. The highest BCUT2D eigenvalue weighted by Gasteiger charge is 2.42. The molecule has 27 heavy (non-hydrogen) atoms. The van der Waals surface area contributed by atoms with Gasteiger partial charge in [0.2, 0.25) is 5.91 Å². The maximum atomic E-state index is 13.3. The lowest BCUT2D eigenvalue weighted by molar-refractivity contribution is -0.123. The van der Waals surface area contributed by atoms with Gasteiger partial charge in [0.05, 0.1) is 13.2 Å². The molecule has 0 heterocycles. The first-order valence-electron chi connectivity index (χ1n) is 8.64. The number of amides is 1. The van der Waals surface area contributed by atoms with Crippen molar-refractivity contribution in [1.82, 2.24) is 5.32 Å². The molecule has 3 rings (SSSR count). The van der Waals surface area contributed by atoms with Gasteiger partial charge in [0.25, 0.3) is 0 Å². The van der Waals surface area contributed by atoms with Gasteiger partial charge in [-0.3, -0.25) is 4.79 Å². The molecule has 0 spiro atoms. The summed E-state index contributed by atoms with van der Waals surface area (Å²) < 4.78 is 5.20. The van der Waals surface area contributed by atoms with Crippen molar-refractivity contribution in [1.29, 1.82) is 5.26 Å². The van der Waals surface area contributed by atoms with Crippen LogP contribution >= 0.6 is 0 Å². The van der Waals surface area contributed by atoms with Crippen LogP contribution in [0.4, 0.5) is 0 Å². The van der Waals surface area contributed by atoms with Crippen LogP contribution in [0, 0.1) is 11.3 Å². The van der Waals surface area contributed by atoms with E-state index in [1.54, 1.807) is 43.5 Å². The van der Waals surface area contributed by atoms with Crippen LogP contribution in [-0.4, -0.2) is 13.0 Å². The number of rotatable bonds is 6. The van der Waals surface area contributed by atoms with E-state index >= 15 is 0 Å². The quantitative estimate of drug-likeness (QED) is 0.730. The molecule has 0 aliphatic heterocycles. The fourth-order valence-electron chi connectivity index (χ4n) is 3.05. The molecule has 134 valence electrons. The highest BCUT2D eigenvalue weighted by Crippen LogP contribution is 2.33. The van der Waals surface area contributed by atoms with E-state index in [4.69, 9.17) is 4.74 Å². The van der Waals surface area contributed by atoms with Crippen molar-refractivity contribution in [3.8, 4) is 11.8 Å². The van der Waals surface area contributed by atoms with E-state index in [-0.39, 0.29) is 5.91 Å². The summed E-state index contributed by atoms with van der Waals surface area (Å²) in [6, 6.07) is 28.1. The highest BCUT2D eigenvalue weighted by molar-refractivity contribution is 5.95. The SMILES string of the molecule is COc1ccc(C(C#N)(C(=O)NCc2ccccc2)c2ccccc2)cc1. The lowest BCUT2D eigenvalue weighted by Gasteiger charge is -2.27. The Balaban J connectivity index is 2.01. The third kappa shape index (κ3) is 3.68. The summed E-state index contributed by atoms with van der Waals surface area (Å²) >= 11 is 0. The Morgan fingerprint density at radius 2 is 1.48 bits per heavy atom. The fourth-order valence-corrected chi connectivity index (χ4v) is 3.05. The van der Waals surface area contributed by atoms with Gasteiger partial charge in [0.1, 0.15) is 5.75 Å². The Bertz CT molecular complexity index is 932. The molecule has 0 aromatic heterocycles. The van der Waals surface area contributed by atoms with Gasteiger partial charge >= 0.3 is 0 Å². The first-order valence-corrected chi connectivity index (χ1v) is 8.64. The molecule has 4 heteroatoms. The molecular weight excluding hydrogens is 336 g/mol. The van der Waals surface area contributed by atoms with Crippen LogP contribution in [-0.2, 0) is 16.8 Å². The van der Waals surface area contributed by atoms with Gasteiger partial charge in [-0.15, -0.1) is 0 Å². The van der Waals surface area contributed by atoms with Crippen molar-refractivity contribution in [2.24, 2.45) is 0 Å². The monoisotopic (exact) mass is 356 g/mol. The topological polar surface area (TPSA) is 62.1 Å². The Labute approximate surface area is 159 Å². The molecule has 1 N–H and O–H groups in total. The summed E-state index contributed by atoms with van der Waals surface area (Å²) in [6.07, 6.45) is 0. The lowest BCUT2D eigenvalue weighted by Crippen LogP contribution is -2.44. The number of benzene rings is 3.